The van der Waals surface area contributed by atoms with E-state index in [0.29, 0.717) is 5.69 Å². The lowest BCUT2D eigenvalue weighted by Crippen LogP contribution is -2.69. The quantitative estimate of drug-likeness (QED) is 0.659. The van der Waals surface area contributed by atoms with Crippen LogP contribution >= 0.6 is 11.8 Å². The van der Waals surface area contributed by atoms with Crippen LogP contribution in [-0.2, 0) is 14.4 Å². The Kier molecular flexibility index (Phi) is 4.41. The zero-order valence-electron chi connectivity index (χ0n) is 10.7. The highest BCUT2D eigenvalue weighted by molar-refractivity contribution is 8.00. The number of carbonyl (C=O) groups excluding carboxylic acids is 3. The van der Waals surface area contributed by atoms with Crippen molar-refractivity contribution in [1.82, 2.24) is 0 Å². The van der Waals surface area contributed by atoms with E-state index < -0.39 is 17.3 Å². The van der Waals surface area contributed by atoms with Crippen molar-refractivity contribution in [1.29, 1.82) is 0 Å². The fraction of sp³-hybridized carbons (Fsp3) is 0.308. The molecule has 0 aliphatic carbocycles. The fourth-order valence-electron chi connectivity index (χ4n) is 1.88. The minimum atomic E-state index is -1.26. The fourth-order valence-corrected chi connectivity index (χ4v) is 2.99. The number of carboxylic acids is 1. The maximum atomic E-state index is 12.2. The Morgan fingerprint density at radius 2 is 2.05 bits per heavy atom. The SMILES string of the molecule is [NH3+][C@H](CS[C@@H]1CC(=O)N(c2ccccc2)C1=O)C(=O)[O-]. The predicted octanol–water partition coefficient (Wildman–Crippen LogP) is -1.59. The highest BCUT2D eigenvalue weighted by atomic mass is 32.2. The van der Waals surface area contributed by atoms with Gasteiger partial charge in [-0.2, -0.15) is 0 Å². The Morgan fingerprint density at radius 3 is 2.65 bits per heavy atom. The smallest absolute Gasteiger partial charge is 0.247 e. The number of anilines is 1. The predicted molar refractivity (Wildman–Crippen MR) is 71.5 cm³/mol. The monoisotopic (exact) mass is 294 g/mol. The number of benzene rings is 1. The first-order chi connectivity index (χ1) is 9.50. The Hall–Kier alpha value is -1.86. The van der Waals surface area contributed by atoms with Gasteiger partial charge in [0.05, 0.1) is 22.7 Å². The van der Waals surface area contributed by atoms with Gasteiger partial charge >= 0.3 is 0 Å². The molecule has 20 heavy (non-hydrogen) atoms. The number of thioether (sulfide) groups is 1. The van der Waals surface area contributed by atoms with Crippen LogP contribution in [0.3, 0.4) is 0 Å². The number of carboxylic acid groups (broad SMARTS) is 1. The molecule has 2 atom stereocenters. The molecule has 0 saturated carbocycles. The Bertz CT molecular complexity index is 534. The lowest BCUT2D eigenvalue weighted by atomic mass is 10.3. The van der Waals surface area contributed by atoms with Gasteiger partial charge in [0.15, 0.2) is 0 Å². The molecule has 1 aliphatic heterocycles. The second-order valence-corrected chi connectivity index (χ2v) is 5.68. The minimum absolute atomic E-state index is 0.0815. The zero-order valence-corrected chi connectivity index (χ0v) is 11.5. The molecule has 1 heterocycles. The highest BCUT2D eigenvalue weighted by Gasteiger charge is 2.40. The van der Waals surface area contributed by atoms with E-state index in [2.05, 4.69) is 5.73 Å². The Morgan fingerprint density at radius 1 is 1.40 bits per heavy atom. The number of aliphatic carboxylic acids is 1. The van der Waals surface area contributed by atoms with Crippen LogP contribution in [0.5, 0.6) is 0 Å². The lowest BCUT2D eigenvalue weighted by molar-refractivity contribution is -0.431. The molecule has 1 aliphatic rings. The molecular weight excluding hydrogens is 280 g/mol. The first-order valence-electron chi connectivity index (χ1n) is 6.08. The molecule has 0 bridgehead atoms. The van der Waals surface area contributed by atoms with Gasteiger partial charge in [-0.1, -0.05) is 18.2 Å². The first kappa shape index (κ1) is 14.5. The van der Waals surface area contributed by atoms with Gasteiger partial charge in [-0.15, -0.1) is 11.8 Å². The first-order valence-corrected chi connectivity index (χ1v) is 7.13. The molecule has 0 aromatic heterocycles. The molecule has 0 unspecified atom stereocenters. The van der Waals surface area contributed by atoms with E-state index in [4.69, 9.17) is 0 Å². The molecule has 6 nitrogen and oxygen atoms in total. The van der Waals surface area contributed by atoms with Crippen molar-refractivity contribution in [3.05, 3.63) is 30.3 Å². The lowest BCUT2D eigenvalue weighted by Gasteiger charge is -2.15. The molecule has 0 radical (unpaired) electrons. The van der Waals surface area contributed by atoms with Crippen molar-refractivity contribution >= 4 is 35.2 Å². The van der Waals surface area contributed by atoms with Crippen molar-refractivity contribution in [2.24, 2.45) is 0 Å². The third-order valence-corrected chi connectivity index (χ3v) is 4.32. The van der Waals surface area contributed by atoms with Gasteiger partial charge in [0.2, 0.25) is 11.8 Å². The maximum absolute atomic E-state index is 12.2. The molecule has 1 saturated heterocycles. The van der Waals surface area contributed by atoms with Gasteiger partial charge in [-0.3, -0.25) is 9.59 Å². The number of imide groups is 1. The summed E-state index contributed by atoms with van der Waals surface area (Å²) in [5, 5.41) is 10.0. The largest absolute Gasteiger partial charge is 0.544 e. The van der Waals surface area contributed by atoms with E-state index >= 15 is 0 Å². The molecule has 0 spiro atoms. The number of para-hydroxylation sites is 1. The molecular formula is C13H14N2O4S. The maximum Gasteiger partial charge on any atom is 0.247 e. The van der Waals surface area contributed by atoms with Crippen molar-refractivity contribution in [3.8, 4) is 0 Å². The van der Waals surface area contributed by atoms with Crippen molar-refractivity contribution in [2.75, 3.05) is 10.7 Å². The van der Waals surface area contributed by atoms with E-state index in [-0.39, 0.29) is 24.0 Å². The molecule has 2 rings (SSSR count). The van der Waals surface area contributed by atoms with E-state index in [1.807, 2.05) is 0 Å². The molecule has 1 fully saturated rings. The van der Waals surface area contributed by atoms with Gasteiger partial charge in [-0.25, -0.2) is 4.90 Å². The summed E-state index contributed by atoms with van der Waals surface area (Å²) in [6.45, 7) is 0. The number of hydrogen-bond donors (Lipinski definition) is 1. The normalized spacial score (nSPS) is 20.2. The van der Waals surface area contributed by atoms with E-state index in [9.17, 15) is 19.5 Å². The summed E-state index contributed by atoms with van der Waals surface area (Å²) in [5.74, 6) is -1.69. The van der Waals surface area contributed by atoms with Crippen LogP contribution < -0.4 is 15.7 Å². The standard InChI is InChI=1S/C13H14N2O4S/c14-9(13(18)19)7-20-10-6-11(16)15(12(10)17)8-4-2-1-3-5-8/h1-5,9-10H,6-7,14H2,(H,18,19)/t9-,10-/m1/s1. The van der Waals surface area contributed by atoms with Crippen LogP contribution in [-0.4, -0.2) is 34.8 Å². The summed E-state index contributed by atoms with van der Waals surface area (Å²) in [7, 11) is 0. The molecule has 106 valence electrons. The summed E-state index contributed by atoms with van der Waals surface area (Å²) in [4.78, 5) is 35.9. The average Bonchev–Trinajstić information content (AvgIpc) is 2.71. The van der Waals surface area contributed by atoms with Gasteiger partial charge in [0.25, 0.3) is 0 Å². The summed E-state index contributed by atoms with van der Waals surface area (Å²) in [6, 6.07) is 7.78. The van der Waals surface area contributed by atoms with Crippen molar-refractivity contribution in [2.45, 2.75) is 17.7 Å². The zero-order chi connectivity index (χ0) is 14.7. The number of amides is 2. The third-order valence-electron chi connectivity index (χ3n) is 2.95. The van der Waals surface area contributed by atoms with Crippen LogP contribution in [0.2, 0.25) is 0 Å². The topological polar surface area (TPSA) is 105 Å². The second kappa shape index (κ2) is 6.06. The van der Waals surface area contributed by atoms with Crippen LogP contribution in [0.25, 0.3) is 0 Å². The number of rotatable bonds is 5. The highest BCUT2D eigenvalue weighted by Crippen LogP contribution is 2.29. The molecule has 1 aromatic carbocycles. The summed E-state index contributed by atoms with van der Waals surface area (Å²) >= 11 is 1.14. The van der Waals surface area contributed by atoms with E-state index in [0.717, 1.165) is 16.7 Å². The van der Waals surface area contributed by atoms with Crippen LogP contribution in [0, 0.1) is 0 Å². The van der Waals surface area contributed by atoms with Crippen LogP contribution in [0.4, 0.5) is 5.69 Å². The molecule has 2 amide bonds. The van der Waals surface area contributed by atoms with Gasteiger partial charge < -0.3 is 15.6 Å². The van der Waals surface area contributed by atoms with Crippen LogP contribution in [0.1, 0.15) is 6.42 Å². The average molecular weight is 294 g/mol. The second-order valence-electron chi connectivity index (χ2n) is 4.44. The van der Waals surface area contributed by atoms with E-state index in [1.54, 1.807) is 30.3 Å². The van der Waals surface area contributed by atoms with E-state index in [1.165, 1.54) is 0 Å². The summed E-state index contributed by atoms with van der Waals surface area (Å²) < 4.78 is 0. The minimum Gasteiger partial charge on any atom is -0.544 e. The number of hydrogen-bond acceptors (Lipinski definition) is 5. The van der Waals surface area contributed by atoms with Gasteiger partial charge in [0, 0.05) is 6.42 Å². The Balaban J connectivity index is 2.04. The summed E-state index contributed by atoms with van der Waals surface area (Å²) in [6.07, 6.45) is 0.0815. The van der Waals surface area contributed by atoms with Gasteiger partial charge in [-0.05, 0) is 12.1 Å². The molecule has 1 aromatic rings. The number of quaternary nitrogens is 1. The number of carbonyl (C=O) groups is 3. The van der Waals surface area contributed by atoms with Crippen LogP contribution in [0.15, 0.2) is 30.3 Å². The molecule has 3 N–H and O–H groups in total. The summed E-state index contributed by atoms with van der Waals surface area (Å²) in [5.41, 5.74) is 3.97. The van der Waals surface area contributed by atoms with Crippen molar-refractivity contribution in [3.63, 3.8) is 0 Å². The molecule has 7 heteroatoms. The van der Waals surface area contributed by atoms with Gasteiger partial charge in [0.1, 0.15) is 6.04 Å². The van der Waals surface area contributed by atoms with Crippen molar-refractivity contribution < 1.29 is 25.2 Å². The Labute approximate surface area is 119 Å². The third kappa shape index (κ3) is 3.00. The number of nitrogens with zero attached hydrogens (tertiary/aromatic N) is 1.